The summed E-state index contributed by atoms with van der Waals surface area (Å²) >= 11 is 1.32. The van der Waals surface area contributed by atoms with Crippen LogP contribution in [-0.4, -0.2) is 32.0 Å². The van der Waals surface area contributed by atoms with Gasteiger partial charge < -0.3 is 5.32 Å². The number of hydrogen-bond acceptors (Lipinski definition) is 4. The van der Waals surface area contributed by atoms with Gasteiger partial charge in [-0.2, -0.15) is 0 Å². The molecular weight excluding hydrogens is 252 g/mol. The Morgan fingerprint density at radius 2 is 2.17 bits per heavy atom. The highest BCUT2D eigenvalue weighted by Crippen LogP contribution is 2.36. The molecular formula is C11H18N4O2S. The van der Waals surface area contributed by atoms with E-state index in [1.807, 2.05) is 20.8 Å². The first-order chi connectivity index (χ1) is 8.49. The molecule has 1 atom stereocenters. The van der Waals surface area contributed by atoms with Crippen molar-refractivity contribution in [2.75, 3.05) is 0 Å². The van der Waals surface area contributed by atoms with E-state index in [0.29, 0.717) is 5.16 Å². The number of aromatic amines is 1. The van der Waals surface area contributed by atoms with Crippen molar-refractivity contribution in [3.63, 3.8) is 0 Å². The van der Waals surface area contributed by atoms with E-state index in [-0.39, 0.29) is 28.9 Å². The van der Waals surface area contributed by atoms with Crippen LogP contribution in [0.4, 0.5) is 0 Å². The van der Waals surface area contributed by atoms with E-state index in [0.717, 1.165) is 12.8 Å². The number of H-pyrrole nitrogens is 1. The number of hydrogen-bond donors (Lipinski definition) is 2. The molecule has 1 fully saturated rings. The van der Waals surface area contributed by atoms with Crippen LogP contribution >= 0.6 is 11.8 Å². The number of aromatic nitrogens is 3. The monoisotopic (exact) mass is 270 g/mol. The third kappa shape index (κ3) is 2.95. The summed E-state index contributed by atoms with van der Waals surface area (Å²) in [6, 6.07) is 0.379. The molecule has 0 radical (unpaired) electrons. The van der Waals surface area contributed by atoms with Crippen molar-refractivity contribution in [2.24, 2.45) is 0 Å². The summed E-state index contributed by atoms with van der Waals surface area (Å²) in [4.78, 5) is 23.4. The molecule has 1 heterocycles. The van der Waals surface area contributed by atoms with Gasteiger partial charge in [-0.15, -0.1) is 5.10 Å². The molecule has 0 spiro atoms. The minimum atomic E-state index is -0.264. The second-order valence-corrected chi connectivity index (χ2v) is 6.14. The van der Waals surface area contributed by atoms with Gasteiger partial charge in [0, 0.05) is 12.1 Å². The van der Waals surface area contributed by atoms with Gasteiger partial charge in [0.05, 0.1) is 5.25 Å². The first-order valence-electron chi connectivity index (χ1n) is 6.13. The number of carbonyl (C=O) groups is 1. The molecule has 2 rings (SSSR count). The van der Waals surface area contributed by atoms with Gasteiger partial charge in [0.15, 0.2) is 5.16 Å². The van der Waals surface area contributed by atoms with Gasteiger partial charge in [0.2, 0.25) is 5.91 Å². The maximum atomic E-state index is 11.8. The average Bonchev–Trinajstić information content (AvgIpc) is 3.04. The Balaban J connectivity index is 2.05. The first-order valence-corrected chi connectivity index (χ1v) is 7.01. The molecule has 2 N–H and O–H groups in total. The lowest BCUT2D eigenvalue weighted by Gasteiger charge is -2.13. The zero-order valence-electron chi connectivity index (χ0n) is 10.8. The highest BCUT2D eigenvalue weighted by atomic mass is 32.2. The molecule has 1 aromatic rings. The van der Waals surface area contributed by atoms with Crippen LogP contribution in [-0.2, 0) is 4.79 Å². The fourth-order valence-corrected chi connectivity index (χ4v) is 2.58. The third-order valence-corrected chi connectivity index (χ3v) is 3.73. The molecule has 0 aliphatic heterocycles. The van der Waals surface area contributed by atoms with Crippen molar-refractivity contribution in [3.05, 3.63) is 10.5 Å². The van der Waals surface area contributed by atoms with Gasteiger partial charge in [-0.3, -0.25) is 9.36 Å². The molecule has 1 aromatic heterocycles. The molecule has 100 valence electrons. The summed E-state index contributed by atoms with van der Waals surface area (Å²) in [6.45, 7) is 5.66. The van der Waals surface area contributed by atoms with Crippen LogP contribution in [0.5, 0.6) is 0 Å². The number of rotatable bonds is 5. The number of carbonyl (C=O) groups excluding carboxylic acids is 1. The van der Waals surface area contributed by atoms with Gasteiger partial charge in [-0.05, 0) is 33.6 Å². The molecule has 0 bridgehead atoms. The maximum Gasteiger partial charge on any atom is 0.344 e. The van der Waals surface area contributed by atoms with Crippen molar-refractivity contribution in [1.29, 1.82) is 0 Å². The Labute approximate surface area is 110 Å². The van der Waals surface area contributed by atoms with Crippen LogP contribution in [0.3, 0.4) is 0 Å². The van der Waals surface area contributed by atoms with Gasteiger partial charge in [-0.25, -0.2) is 9.89 Å². The number of nitrogens with one attached hydrogen (secondary N) is 2. The fraction of sp³-hybridized carbons (Fsp3) is 0.727. The summed E-state index contributed by atoms with van der Waals surface area (Å²) in [5, 5.41) is 9.63. The predicted molar refractivity (Wildman–Crippen MR) is 69.7 cm³/mol. The van der Waals surface area contributed by atoms with Crippen molar-refractivity contribution < 1.29 is 4.79 Å². The van der Waals surface area contributed by atoms with Crippen molar-refractivity contribution >= 4 is 17.7 Å². The van der Waals surface area contributed by atoms with E-state index in [9.17, 15) is 9.59 Å². The first kappa shape index (κ1) is 13.2. The SMILES string of the molecule is CC(C)NC(=O)[C@@H](C)Sc1n[nH]c(=O)n1C1CC1. The van der Waals surface area contributed by atoms with E-state index >= 15 is 0 Å². The second-order valence-electron chi connectivity index (χ2n) is 4.84. The summed E-state index contributed by atoms with van der Waals surface area (Å²) < 4.78 is 1.66. The Kier molecular flexibility index (Phi) is 3.79. The lowest BCUT2D eigenvalue weighted by Crippen LogP contribution is -2.36. The number of amides is 1. The quantitative estimate of drug-likeness (QED) is 0.779. The van der Waals surface area contributed by atoms with Crippen molar-refractivity contribution in [2.45, 2.75) is 56.1 Å². The molecule has 0 unspecified atom stereocenters. The molecule has 1 amide bonds. The summed E-state index contributed by atoms with van der Waals surface area (Å²) in [5.74, 6) is -0.0344. The normalized spacial score (nSPS) is 16.9. The lowest BCUT2D eigenvalue weighted by molar-refractivity contribution is -0.120. The van der Waals surface area contributed by atoms with Crippen LogP contribution in [0.1, 0.15) is 39.7 Å². The Bertz CT molecular complexity index is 489. The smallest absolute Gasteiger partial charge is 0.344 e. The minimum absolute atomic E-state index is 0.0344. The van der Waals surface area contributed by atoms with Crippen LogP contribution in [0, 0.1) is 0 Å². The van der Waals surface area contributed by atoms with E-state index < -0.39 is 0 Å². The van der Waals surface area contributed by atoms with Gasteiger partial charge >= 0.3 is 5.69 Å². The van der Waals surface area contributed by atoms with E-state index in [2.05, 4.69) is 15.5 Å². The summed E-state index contributed by atoms with van der Waals surface area (Å²) in [7, 11) is 0. The molecule has 0 saturated heterocycles. The molecule has 1 saturated carbocycles. The average molecular weight is 270 g/mol. The van der Waals surface area contributed by atoms with Crippen LogP contribution in [0.15, 0.2) is 9.95 Å². The Hall–Kier alpha value is -1.24. The molecule has 0 aromatic carbocycles. The Morgan fingerprint density at radius 3 is 2.72 bits per heavy atom. The molecule has 6 nitrogen and oxygen atoms in total. The topological polar surface area (TPSA) is 79.8 Å². The van der Waals surface area contributed by atoms with Crippen LogP contribution in [0.2, 0.25) is 0 Å². The summed E-state index contributed by atoms with van der Waals surface area (Å²) in [6.07, 6.45) is 2.03. The number of nitrogens with zero attached hydrogens (tertiary/aromatic N) is 2. The van der Waals surface area contributed by atoms with Crippen molar-refractivity contribution in [1.82, 2.24) is 20.1 Å². The highest BCUT2D eigenvalue weighted by Gasteiger charge is 2.30. The molecule has 1 aliphatic rings. The third-order valence-electron chi connectivity index (χ3n) is 2.67. The highest BCUT2D eigenvalue weighted by molar-refractivity contribution is 8.00. The van der Waals surface area contributed by atoms with E-state index in [4.69, 9.17) is 0 Å². The lowest BCUT2D eigenvalue weighted by atomic mass is 10.3. The van der Waals surface area contributed by atoms with Gasteiger partial charge in [0.1, 0.15) is 0 Å². The second kappa shape index (κ2) is 5.17. The molecule has 18 heavy (non-hydrogen) atoms. The van der Waals surface area contributed by atoms with Crippen molar-refractivity contribution in [3.8, 4) is 0 Å². The zero-order valence-corrected chi connectivity index (χ0v) is 11.6. The Morgan fingerprint density at radius 1 is 1.50 bits per heavy atom. The summed E-state index contributed by atoms with van der Waals surface area (Å²) in [5.41, 5.74) is -0.184. The minimum Gasteiger partial charge on any atom is -0.353 e. The van der Waals surface area contributed by atoms with E-state index in [1.54, 1.807) is 4.57 Å². The molecule has 1 aliphatic carbocycles. The van der Waals surface area contributed by atoms with Crippen LogP contribution < -0.4 is 11.0 Å². The fourth-order valence-electron chi connectivity index (χ4n) is 1.64. The van der Waals surface area contributed by atoms with Gasteiger partial charge in [0.25, 0.3) is 0 Å². The van der Waals surface area contributed by atoms with Crippen LogP contribution in [0.25, 0.3) is 0 Å². The molecule has 7 heteroatoms. The van der Waals surface area contributed by atoms with Gasteiger partial charge in [-0.1, -0.05) is 11.8 Å². The van der Waals surface area contributed by atoms with E-state index in [1.165, 1.54) is 11.8 Å². The maximum absolute atomic E-state index is 11.8. The largest absolute Gasteiger partial charge is 0.353 e. The standard InChI is InChI=1S/C11H18N4O2S/c1-6(2)12-9(16)7(3)18-11-14-13-10(17)15(11)8-4-5-8/h6-8H,4-5H2,1-3H3,(H,12,16)(H,13,17)/t7-/m1/s1. The number of thioether (sulfide) groups is 1. The predicted octanol–water partition coefficient (Wildman–Crippen LogP) is 0.911. The zero-order chi connectivity index (χ0) is 13.3.